The number of nitrogens with zero attached hydrogens (tertiary/aromatic N) is 2. The highest BCUT2D eigenvalue weighted by Crippen LogP contribution is 2.34. The summed E-state index contributed by atoms with van der Waals surface area (Å²) in [4.78, 5) is 17.8. The van der Waals surface area contributed by atoms with Crippen molar-refractivity contribution in [1.82, 2.24) is 4.98 Å². The second-order valence-corrected chi connectivity index (χ2v) is 9.61. The first-order valence-corrected chi connectivity index (χ1v) is 12.3. The molecule has 8 nitrogen and oxygen atoms in total. The molecule has 4 aromatic rings. The molecule has 0 aliphatic heterocycles. The van der Waals surface area contributed by atoms with Crippen molar-refractivity contribution in [2.45, 2.75) is 4.90 Å². The van der Waals surface area contributed by atoms with Gasteiger partial charge < -0.3 is 10.1 Å². The quantitative estimate of drug-likeness (QED) is 0.415. The first-order chi connectivity index (χ1) is 16.3. The largest absolute Gasteiger partial charge is 0.497 e. The van der Waals surface area contributed by atoms with Crippen LogP contribution in [0.3, 0.4) is 0 Å². The van der Waals surface area contributed by atoms with Gasteiger partial charge >= 0.3 is 0 Å². The Morgan fingerprint density at radius 1 is 1.03 bits per heavy atom. The predicted molar refractivity (Wildman–Crippen MR) is 130 cm³/mol. The van der Waals surface area contributed by atoms with Crippen LogP contribution >= 0.6 is 11.3 Å². The van der Waals surface area contributed by atoms with Gasteiger partial charge in [0.25, 0.3) is 5.91 Å². The van der Waals surface area contributed by atoms with Gasteiger partial charge in [0.1, 0.15) is 16.7 Å². The van der Waals surface area contributed by atoms with Gasteiger partial charge in [-0.15, -0.1) is 0 Å². The highest BCUT2D eigenvalue weighted by molar-refractivity contribution is 7.89. The Kier molecular flexibility index (Phi) is 6.43. The molecule has 0 unspecified atom stereocenters. The van der Waals surface area contributed by atoms with Crippen LogP contribution in [0.15, 0.2) is 77.7 Å². The molecule has 34 heavy (non-hydrogen) atoms. The minimum atomic E-state index is -3.99. The van der Waals surface area contributed by atoms with Gasteiger partial charge in [-0.05, 0) is 36.4 Å². The van der Waals surface area contributed by atoms with Crippen molar-refractivity contribution in [1.29, 1.82) is 5.26 Å². The van der Waals surface area contributed by atoms with Gasteiger partial charge in [-0.1, -0.05) is 47.7 Å². The lowest BCUT2D eigenvalue weighted by Gasteiger charge is -2.14. The van der Waals surface area contributed by atoms with Crippen molar-refractivity contribution >= 4 is 33.0 Å². The number of aromatic nitrogens is 1. The zero-order valence-electron chi connectivity index (χ0n) is 17.8. The van der Waals surface area contributed by atoms with E-state index in [2.05, 4.69) is 10.3 Å². The number of para-hydroxylation sites is 1. The first kappa shape index (κ1) is 23.1. The van der Waals surface area contributed by atoms with Gasteiger partial charge in [0.2, 0.25) is 10.0 Å². The molecule has 0 bridgehead atoms. The number of hydrogen-bond donors (Lipinski definition) is 2. The summed E-state index contributed by atoms with van der Waals surface area (Å²) in [5, 5.41) is 17.7. The van der Waals surface area contributed by atoms with E-state index in [0.717, 1.165) is 11.3 Å². The van der Waals surface area contributed by atoms with Crippen LogP contribution in [-0.4, -0.2) is 26.4 Å². The number of nitrogens with two attached hydrogens (primary N) is 1. The van der Waals surface area contributed by atoms with Crippen molar-refractivity contribution in [3.63, 3.8) is 0 Å². The number of hydrogen-bond acceptors (Lipinski definition) is 7. The first-order valence-electron chi connectivity index (χ1n) is 9.89. The lowest BCUT2D eigenvalue weighted by molar-refractivity contribution is 0.103. The summed E-state index contributed by atoms with van der Waals surface area (Å²) >= 11 is 0.969. The highest BCUT2D eigenvalue weighted by Gasteiger charge is 2.22. The van der Waals surface area contributed by atoms with E-state index < -0.39 is 15.9 Å². The summed E-state index contributed by atoms with van der Waals surface area (Å²) in [6, 6.07) is 22.1. The SMILES string of the molecule is COc1ccc(-c2nc(C#N)sc2C(=O)Nc2ccccc2-c2ccccc2S(N)(=O)=O)cc1. The third-order valence-corrected chi connectivity index (χ3v) is 6.88. The monoisotopic (exact) mass is 490 g/mol. The van der Waals surface area contributed by atoms with Gasteiger partial charge in [0, 0.05) is 22.4 Å². The topological polar surface area (TPSA) is 135 Å². The summed E-state index contributed by atoms with van der Waals surface area (Å²) in [5.41, 5.74) is 2.24. The molecule has 0 aliphatic carbocycles. The van der Waals surface area contributed by atoms with Crippen LogP contribution < -0.4 is 15.2 Å². The number of ether oxygens (including phenoxy) is 1. The summed E-state index contributed by atoms with van der Waals surface area (Å²) in [6.07, 6.45) is 0. The molecular weight excluding hydrogens is 472 g/mol. The Bertz CT molecular complexity index is 1520. The van der Waals surface area contributed by atoms with Crippen LogP contribution in [-0.2, 0) is 10.0 Å². The van der Waals surface area contributed by atoms with E-state index in [9.17, 15) is 18.5 Å². The number of primary sulfonamides is 1. The fourth-order valence-electron chi connectivity index (χ4n) is 3.41. The minimum Gasteiger partial charge on any atom is -0.497 e. The zero-order valence-corrected chi connectivity index (χ0v) is 19.5. The maximum absolute atomic E-state index is 13.3. The lowest BCUT2D eigenvalue weighted by Crippen LogP contribution is -2.15. The second-order valence-electron chi connectivity index (χ2n) is 7.08. The Morgan fingerprint density at radius 2 is 1.68 bits per heavy atom. The van der Waals surface area contributed by atoms with E-state index in [1.54, 1.807) is 73.8 Å². The molecule has 0 saturated heterocycles. The molecule has 0 radical (unpaired) electrons. The number of benzene rings is 3. The molecule has 1 aromatic heterocycles. The molecule has 4 rings (SSSR count). The number of carbonyl (C=O) groups is 1. The van der Waals surface area contributed by atoms with Crippen LogP contribution in [0.2, 0.25) is 0 Å². The zero-order chi connectivity index (χ0) is 24.3. The number of anilines is 1. The van der Waals surface area contributed by atoms with Crippen LogP contribution in [0.5, 0.6) is 5.75 Å². The number of nitrogens with one attached hydrogen (secondary N) is 1. The molecule has 0 aliphatic rings. The smallest absolute Gasteiger partial charge is 0.268 e. The third-order valence-electron chi connectivity index (χ3n) is 4.95. The Labute approximate surface area is 200 Å². The van der Waals surface area contributed by atoms with Crippen molar-refractivity contribution in [2.24, 2.45) is 5.14 Å². The minimum absolute atomic E-state index is 0.0554. The average Bonchev–Trinajstić information content (AvgIpc) is 3.29. The van der Waals surface area contributed by atoms with E-state index in [1.807, 2.05) is 6.07 Å². The maximum atomic E-state index is 13.3. The molecule has 0 fully saturated rings. The van der Waals surface area contributed by atoms with Crippen LogP contribution in [0.25, 0.3) is 22.4 Å². The van der Waals surface area contributed by atoms with E-state index in [0.29, 0.717) is 33.8 Å². The number of thiazole rings is 1. The van der Waals surface area contributed by atoms with Gasteiger partial charge in [0.05, 0.1) is 17.7 Å². The van der Waals surface area contributed by atoms with Gasteiger partial charge in [0.15, 0.2) is 5.01 Å². The van der Waals surface area contributed by atoms with Crippen molar-refractivity contribution in [2.75, 3.05) is 12.4 Å². The number of amides is 1. The number of methoxy groups -OCH3 is 1. The standard InChI is InChI=1S/C24H18N4O4S2/c1-32-16-12-10-15(11-13-16)22-23(33-21(14-25)28-22)24(29)27-19-8-4-2-6-17(19)18-7-3-5-9-20(18)34(26,30)31/h2-13H,1H3,(H,27,29)(H2,26,30,31). The molecule has 1 amide bonds. The van der Waals surface area contributed by atoms with Crippen LogP contribution in [0.1, 0.15) is 14.7 Å². The normalized spacial score (nSPS) is 11.0. The second kappa shape index (κ2) is 9.44. The van der Waals surface area contributed by atoms with E-state index in [4.69, 9.17) is 9.88 Å². The van der Waals surface area contributed by atoms with E-state index in [-0.39, 0.29) is 14.8 Å². The van der Waals surface area contributed by atoms with E-state index in [1.165, 1.54) is 6.07 Å². The Hall–Kier alpha value is -4.04. The van der Waals surface area contributed by atoms with Crippen LogP contribution in [0.4, 0.5) is 5.69 Å². The maximum Gasteiger partial charge on any atom is 0.268 e. The third kappa shape index (κ3) is 4.67. The molecule has 1 heterocycles. The fraction of sp³-hybridized carbons (Fsp3) is 0.0417. The fourth-order valence-corrected chi connectivity index (χ4v) is 4.94. The molecule has 0 atom stereocenters. The Morgan fingerprint density at radius 3 is 2.32 bits per heavy atom. The van der Waals surface area contributed by atoms with Crippen LogP contribution in [0, 0.1) is 11.3 Å². The van der Waals surface area contributed by atoms with Gasteiger partial charge in [-0.2, -0.15) is 5.26 Å². The predicted octanol–water partition coefficient (Wildman–Crippen LogP) is 4.26. The molecule has 0 saturated carbocycles. The summed E-state index contributed by atoms with van der Waals surface area (Å²) in [7, 11) is -2.44. The molecule has 10 heteroatoms. The molecular formula is C24H18N4O4S2. The van der Waals surface area contributed by atoms with E-state index >= 15 is 0 Å². The number of rotatable bonds is 6. The van der Waals surface area contributed by atoms with Gasteiger partial charge in [-0.3, -0.25) is 4.79 Å². The van der Waals surface area contributed by atoms with Crippen molar-refractivity contribution in [3.05, 3.63) is 82.7 Å². The molecule has 3 N–H and O–H groups in total. The summed E-state index contributed by atoms with van der Waals surface area (Å²) in [6.45, 7) is 0. The number of carbonyl (C=O) groups excluding carboxylic acids is 1. The van der Waals surface area contributed by atoms with Crippen molar-refractivity contribution in [3.8, 4) is 34.2 Å². The number of nitriles is 1. The Balaban J connectivity index is 1.75. The number of sulfonamides is 1. The van der Waals surface area contributed by atoms with Gasteiger partial charge in [-0.25, -0.2) is 18.5 Å². The average molecular weight is 491 g/mol. The molecule has 3 aromatic carbocycles. The summed E-state index contributed by atoms with van der Waals surface area (Å²) in [5.74, 6) is 0.165. The summed E-state index contributed by atoms with van der Waals surface area (Å²) < 4.78 is 29.4. The molecule has 0 spiro atoms. The lowest BCUT2D eigenvalue weighted by atomic mass is 10.0. The molecule has 170 valence electrons. The van der Waals surface area contributed by atoms with Crippen molar-refractivity contribution < 1.29 is 17.9 Å². The highest BCUT2D eigenvalue weighted by atomic mass is 32.2.